The van der Waals surface area contributed by atoms with Crippen molar-refractivity contribution in [2.24, 2.45) is 12.8 Å². The van der Waals surface area contributed by atoms with Crippen LogP contribution < -0.4 is 11.3 Å². The number of alkyl halides is 5. The van der Waals surface area contributed by atoms with Gasteiger partial charge in [0.2, 0.25) is 5.91 Å². The van der Waals surface area contributed by atoms with Crippen molar-refractivity contribution in [3.05, 3.63) is 82.4 Å². The highest BCUT2D eigenvalue weighted by Crippen LogP contribution is 2.38. The molecule has 14 heteroatoms. The number of hydrogen-bond donors (Lipinski definition) is 2. The second-order valence-electron chi connectivity index (χ2n) is 11.1. The summed E-state index contributed by atoms with van der Waals surface area (Å²) in [5.41, 5.74) is 5.25. The number of halogens is 5. The molecule has 2 aromatic carbocycles. The lowest BCUT2D eigenvalue weighted by molar-refractivity contribution is -0.162. The van der Waals surface area contributed by atoms with E-state index >= 15 is 0 Å². The van der Waals surface area contributed by atoms with Crippen LogP contribution in [0.15, 0.2) is 65.7 Å². The van der Waals surface area contributed by atoms with Gasteiger partial charge in [-0.25, -0.2) is 13.8 Å². The van der Waals surface area contributed by atoms with Crippen LogP contribution in [-0.2, 0) is 18.4 Å². The fourth-order valence-corrected chi connectivity index (χ4v) is 5.60. The Morgan fingerprint density at radius 1 is 1.02 bits per heavy atom. The van der Waals surface area contributed by atoms with E-state index in [2.05, 4.69) is 10.1 Å². The highest BCUT2D eigenvalue weighted by molar-refractivity contribution is 5.89. The number of rotatable bonds is 8. The number of likely N-dealkylation sites (tertiary alicyclic amines) is 1. The van der Waals surface area contributed by atoms with Crippen LogP contribution >= 0.6 is 0 Å². The molecule has 0 bridgehead atoms. The maximum absolute atomic E-state index is 13.8. The summed E-state index contributed by atoms with van der Waals surface area (Å²) >= 11 is 0. The monoisotopic (exact) mass is 618 g/mol. The first-order valence-electron chi connectivity index (χ1n) is 14.0. The van der Waals surface area contributed by atoms with Crippen molar-refractivity contribution in [2.75, 3.05) is 13.1 Å². The third-order valence-electron chi connectivity index (χ3n) is 8.14. The van der Waals surface area contributed by atoms with Gasteiger partial charge in [0, 0.05) is 32.1 Å². The van der Waals surface area contributed by atoms with Gasteiger partial charge in [0.25, 0.3) is 12.0 Å². The number of hydrogen-bond acceptors (Lipinski definition) is 6. The van der Waals surface area contributed by atoms with Crippen molar-refractivity contribution in [3.8, 4) is 11.3 Å². The Hall–Kier alpha value is -4.17. The van der Waals surface area contributed by atoms with Gasteiger partial charge >= 0.3 is 6.18 Å². The Kier molecular flexibility index (Phi) is 8.58. The lowest BCUT2D eigenvalue weighted by Gasteiger charge is -2.39. The lowest BCUT2D eigenvalue weighted by Crippen LogP contribution is -2.50. The molecule has 1 aliphatic rings. The molecular formula is C30H31F5N6O3. The van der Waals surface area contributed by atoms with Gasteiger partial charge in [-0.15, -0.1) is 0 Å². The van der Waals surface area contributed by atoms with Crippen LogP contribution in [0.2, 0.25) is 0 Å². The van der Waals surface area contributed by atoms with E-state index in [-0.39, 0.29) is 54.6 Å². The van der Waals surface area contributed by atoms with Crippen molar-refractivity contribution in [3.63, 3.8) is 0 Å². The molecule has 9 nitrogen and oxygen atoms in total. The Morgan fingerprint density at radius 3 is 2.25 bits per heavy atom. The summed E-state index contributed by atoms with van der Waals surface area (Å²) < 4.78 is 69.9. The minimum absolute atomic E-state index is 0.00904. The maximum Gasteiger partial charge on any atom is 0.396 e. The first-order chi connectivity index (χ1) is 20.8. The normalized spacial score (nSPS) is 16.8. The van der Waals surface area contributed by atoms with Crippen LogP contribution in [0.1, 0.15) is 42.3 Å². The molecule has 0 spiro atoms. The molecule has 2 aromatic heterocycles. The van der Waals surface area contributed by atoms with Crippen LogP contribution in [0.3, 0.4) is 0 Å². The molecule has 1 aliphatic heterocycles. The summed E-state index contributed by atoms with van der Waals surface area (Å²) in [6.45, 7) is -0.103. The van der Waals surface area contributed by atoms with Gasteiger partial charge < -0.3 is 15.7 Å². The average Bonchev–Trinajstić information content (AvgIpc) is 3.33. The number of carbonyl (C=O) groups excluding carboxylic acids is 1. The first kappa shape index (κ1) is 31.3. The fraction of sp³-hybridized carbons (Fsp3) is 0.400. The van der Waals surface area contributed by atoms with E-state index in [1.54, 1.807) is 25.2 Å². The molecule has 1 fully saturated rings. The fourth-order valence-electron chi connectivity index (χ4n) is 5.60. The highest BCUT2D eigenvalue weighted by Gasteiger charge is 2.43. The van der Waals surface area contributed by atoms with Crippen LogP contribution in [-0.4, -0.2) is 66.5 Å². The van der Waals surface area contributed by atoms with Crippen molar-refractivity contribution in [1.29, 1.82) is 0 Å². The minimum Gasteiger partial charge on any atom is -0.388 e. The van der Waals surface area contributed by atoms with E-state index in [0.29, 0.717) is 11.3 Å². The molecule has 0 radical (unpaired) electrons. The molecule has 4 aromatic rings. The SMILES string of the molecule is Cn1nc2c(=O)n(CC3(O)CCN(C(=O)C[C@H](c4ccccc4)C(F)(F)F)CC3)cnc2c1-c1ccc([C@H](N)C(F)F)cc1. The number of amides is 1. The van der Waals surface area contributed by atoms with Gasteiger partial charge in [-0.05, 0) is 24.0 Å². The number of fused-ring (bicyclic) bond motifs is 1. The van der Waals surface area contributed by atoms with Crippen molar-refractivity contribution >= 4 is 16.9 Å². The van der Waals surface area contributed by atoms with Crippen molar-refractivity contribution in [2.45, 2.75) is 56.0 Å². The number of aryl methyl sites for hydroxylation is 1. The average molecular weight is 619 g/mol. The van der Waals surface area contributed by atoms with E-state index in [1.165, 1.54) is 56.9 Å². The Labute approximate surface area is 248 Å². The number of aromatic nitrogens is 4. The van der Waals surface area contributed by atoms with Gasteiger partial charge in [-0.3, -0.25) is 18.8 Å². The zero-order valence-electron chi connectivity index (χ0n) is 23.7. The van der Waals surface area contributed by atoms with E-state index in [4.69, 9.17) is 5.73 Å². The molecule has 44 heavy (non-hydrogen) atoms. The van der Waals surface area contributed by atoms with Gasteiger partial charge in [-0.2, -0.15) is 18.3 Å². The molecule has 0 saturated carbocycles. The standard InChI is InChI=1S/C30H31F5N6O3/c1-39-26(20-9-7-19(8-10-20)23(36)27(31)32)24-25(38-39)28(43)41(17-37-24)16-29(44)11-13-40(14-12-29)22(42)15-21(30(33,34)35)18-5-3-2-4-6-18/h2-10,17,21,23,27,44H,11-16,36H2,1H3/t21-,23+/m1/s1. The number of nitrogens with two attached hydrogens (primary N) is 1. The van der Waals surface area contributed by atoms with Gasteiger partial charge in [0.05, 0.1) is 36.1 Å². The van der Waals surface area contributed by atoms with Gasteiger partial charge in [0.1, 0.15) is 5.52 Å². The Morgan fingerprint density at radius 2 is 1.66 bits per heavy atom. The third-order valence-corrected chi connectivity index (χ3v) is 8.14. The second kappa shape index (κ2) is 12.1. The number of aliphatic hydroxyl groups is 1. The Balaban J connectivity index is 1.28. The van der Waals surface area contributed by atoms with Crippen LogP contribution in [0.5, 0.6) is 0 Å². The largest absolute Gasteiger partial charge is 0.396 e. The van der Waals surface area contributed by atoms with Crippen LogP contribution in [0.25, 0.3) is 22.3 Å². The van der Waals surface area contributed by atoms with Crippen molar-refractivity contribution < 1.29 is 31.9 Å². The summed E-state index contributed by atoms with van der Waals surface area (Å²) in [4.78, 5) is 31.9. The highest BCUT2D eigenvalue weighted by atomic mass is 19.4. The molecule has 0 aliphatic carbocycles. The summed E-state index contributed by atoms with van der Waals surface area (Å²) in [6.07, 6.45) is -6.69. The zero-order chi connectivity index (χ0) is 31.8. The number of piperidine rings is 1. The molecular weight excluding hydrogens is 587 g/mol. The van der Waals surface area contributed by atoms with Gasteiger partial charge in [-0.1, -0.05) is 54.6 Å². The van der Waals surface area contributed by atoms with E-state index < -0.39 is 48.0 Å². The third kappa shape index (κ3) is 6.36. The van der Waals surface area contributed by atoms with Gasteiger partial charge in [0.15, 0.2) is 5.52 Å². The molecule has 0 unspecified atom stereocenters. The van der Waals surface area contributed by atoms with Crippen LogP contribution in [0.4, 0.5) is 22.0 Å². The van der Waals surface area contributed by atoms with E-state index in [1.807, 2.05) is 0 Å². The molecule has 1 amide bonds. The van der Waals surface area contributed by atoms with Crippen LogP contribution in [0, 0.1) is 0 Å². The predicted molar refractivity (Wildman–Crippen MR) is 152 cm³/mol. The van der Waals surface area contributed by atoms with E-state index in [0.717, 1.165) is 0 Å². The first-order valence-corrected chi connectivity index (χ1v) is 14.0. The molecule has 1 saturated heterocycles. The topological polar surface area (TPSA) is 119 Å². The number of benzene rings is 2. The van der Waals surface area contributed by atoms with Crippen molar-refractivity contribution in [1.82, 2.24) is 24.2 Å². The lowest BCUT2D eigenvalue weighted by atomic mass is 9.90. The summed E-state index contributed by atoms with van der Waals surface area (Å²) in [5, 5.41) is 15.6. The summed E-state index contributed by atoms with van der Waals surface area (Å²) in [5.74, 6) is -2.60. The summed E-state index contributed by atoms with van der Waals surface area (Å²) in [6, 6.07) is 12.0. The molecule has 3 heterocycles. The predicted octanol–water partition coefficient (Wildman–Crippen LogP) is 4.15. The zero-order valence-corrected chi connectivity index (χ0v) is 23.7. The molecule has 5 rings (SSSR count). The second-order valence-corrected chi connectivity index (χ2v) is 11.1. The summed E-state index contributed by atoms with van der Waals surface area (Å²) in [7, 11) is 1.61. The molecule has 3 N–H and O–H groups in total. The minimum atomic E-state index is -4.60. The molecule has 2 atom stereocenters. The number of nitrogens with zero attached hydrogens (tertiary/aromatic N) is 5. The van der Waals surface area contributed by atoms with E-state index in [9.17, 15) is 36.6 Å². The quantitative estimate of drug-likeness (QED) is 0.287. The Bertz CT molecular complexity index is 1680. The maximum atomic E-state index is 13.8. The number of carbonyl (C=O) groups is 1. The molecule has 234 valence electrons. The smallest absolute Gasteiger partial charge is 0.388 e.